The molecule has 0 saturated heterocycles. The number of hydrogen-bond acceptors (Lipinski definition) is 4. The van der Waals surface area contributed by atoms with Crippen LogP contribution in [0, 0.1) is 5.82 Å². The van der Waals surface area contributed by atoms with Crippen molar-refractivity contribution >= 4 is 29.1 Å². The SMILES string of the molecule is CSOCCS(=O)c1ccc(CC=O)c(F)c1. The van der Waals surface area contributed by atoms with Crippen LogP contribution in [0.2, 0.25) is 0 Å². The summed E-state index contributed by atoms with van der Waals surface area (Å²) < 4.78 is 30.2. The smallest absolute Gasteiger partial charge is 0.128 e. The van der Waals surface area contributed by atoms with E-state index in [4.69, 9.17) is 4.18 Å². The summed E-state index contributed by atoms with van der Waals surface area (Å²) >= 11 is 1.20. The maximum atomic E-state index is 13.5. The summed E-state index contributed by atoms with van der Waals surface area (Å²) in [4.78, 5) is 10.7. The number of carbonyl (C=O) groups excluding carboxylic acids is 1. The minimum Gasteiger partial charge on any atom is -0.315 e. The molecule has 94 valence electrons. The van der Waals surface area contributed by atoms with Gasteiger partial charge < -0.3 is 8.98 Å². The monoisotopic (exact) mass is 276 g/mol. The van der Waals surface area contributed by atoms with E-state index in [1.165, 1.54) is 24.2 Å². The van der Waals surface area contributed by atoms with E-state index in [-0.39, 0.29) is 6.42 Å². The van der Waals surface area contributed by atoms with Crippen molar-refractivity contribution in [1.29, 1.82) is 0 Å². The summed E-state index contributed by atoms with van der Waals surface area (Å²) in [6.07, 6.45) is 2.45. The van der Waals surface area contributed by atoms with E-state index in [1.807, 2.05) is 0 Å². The first kappa shape index (κ1) is 14.3. The number of hydrogen-bond donors (Lipinski definition) is 0. The third kappa shape index (κ3) is 4.57. The van der Waals surface area contributed by atoms with E-state index in [2.05, 4.69) is 0 Å². The summed E-state index contributed by atoms with van der Waals surface area (Å²) in [6, 6.07) is 4.29. The van der Waals surface area contributed by atoms with Gasteiger partial charge in [-0.2, -0.15) is 0 Å². The fourth-order valence-electron chi connectivity index (χ4n) is 1.24. The molecule has 6 heteroatoms. The first-order chi connectivity index (χ1) is 8.19. The zero-order valence-electron chi connectivity index (χ0n) is 9.35. The summed E-state index contributed by atoms with van der Waals surface area (Å²) in [5.41, 5.74) is 0.320. The van der Waals surface area contributed by atoms with E-state index in [9.17, 15) is 13.4 Å². The van der Waals surface area contributed by atoms with Crippen LogP contribution in [0.3, 0.4) is 0 Å². The highest BCUT2D eigenvalue weighted by molar-refractivity contribution is 7.94. The standard InChI is InChI=1S/C11H13FO3S2/c1-16-15-6-7-17(14)10-3-2-9(4-5-13)11(12)8-10/h2-3,5,8H,4,6-7H2,1H3. The molecule has 0 aliphatic carbocycles. The molecule has 0 aliphatic heterocycles. The fourth-order valence-corrected chi connectivity index (χ4v) is 2.52. The predicted octanol–water partition coefficient (Wildman–Crippen LogP) is 1.97. The van der Waals surface area contributed by atoms with Crippen LogP contribution in [0.4, 0.5) is 4.39 Å². The molecule has 0 N–H and O–H groups in total. The van der Waals surface area contributed by atoms with Crippen LogP contribution in [-0.4, -0.2) is 29.1 Å². The first-order valence-corrected chi connectivity index (χ1v) is 7.42. The second kappa shape index (κ2) is 7.58. The van der Waals surface area contributed by atoms with Gasteiger partial charge in [-0.25, -0.2) is 4.39 Å². The first-order valence-electron chi connectivity index (χ1n) is 4.95. The van der Waals surface area contributed by atoms with Crippen molar-refractivity contribution in [2.75, 3.05) is 18.6 Å². The predicted molar refractivity (Wildman–Crippen MR) is 66.9 cm³/mol. The number of rotatable bonds is 7. The van der Waals surface area contributed by atoms with Crippen LogP contribution < -0.4 is 0 Å². The van der Waals surface area contributed by atoms with Gasteiger partial charge in [0.15, 0.2) is 0 Å². The van der Waals surface area contributed by atoms with Crippen molar-refractivity contribution in [2.45, 2.75) is 11.3 Å². The molecular weight excluding hydrogens is 263 g/mol. The zero-order chi connectivity index (χ0) is 12.7. The Labute approximate surface area is 106 Å². The molecule has 1 aromatic rings. The van der Waals surface area contributed by atoms with Gasteiger partial charge in [-0.05, 0) is 29.7 Å². The van der Waals surface area contributed by atoms with Gasteiger partial charge in [0.2, 0.25) is 0 Å². The van der Waals surface area contributed by atoms with Crippen molar-refractivity contribution in [2.24, 2.45) is 0 Å². The molecular formula is C11H13FO3S2. The molecule has 0 saturated carbocycles. The molecule has 0 spiro atoms. The Morgan fingerprint density at radius 3 is 2.88 bits per heavy atom. The molecule has 0 fully saturated rings. The van der Waals surface area contributed by atoms with Gasteiger partial charge in [0.05, 0.1) is 23.2 Å². The maximum Gasteiger partial charge on any atom is 0.128 e. The number of carbonyl (C=O) groups is 1. The lowest BCUT2D eigenvalue weighted by molar-refractivity contribution is -0.107. The van der Waals surface area contributed by atoms with Gasteiger partial charge >= 0.3 is 0 Å². The van der Waals surface area contributed by atoms with Gasteiger partial charge in [-0.15, -0.1) is 0 Å². The second-order valence-electron chi connectivity index (χ2n) is 3.16. The lowest BCUT2D eigenvalue weighted by atomic mass is 10.1. The van der Waals surface area contributed by atoms with Crippen LogP contribution in [0.1, 0.15) is 5.56 Å². The molecule has 0 aliphatic rings. The van der Waals surface area contributed by atoms with Gasteiger partial charge in [0.1, 0.15) is 12.1 Å². The van der Waals surface area contributed by atoms with Crippen molar-refractivity contribution in [3.05, 3.63) is 29.6 Å². The molecule has 0 radical (unpaired) electrons. The molecule has 1 rings (SSSR count). The second-order valence-corrected chi connectivity index (χ2v) is 5.30. The van der Waals surface area contributed by atoms with Gasteiger partial charge in [-0.3, -0.25) is 4.21 Å². The summed E-state index contributed by atoms with van der Waals surface area (Å²) in [7, 11) is -1.27. The van der Waals surface area contributed by atoms with Gasteiger partial charge in [-0.1, -0.05) is 6.07 Å². The molecule has 17 heavy (non-hydrogen) atoms. The molecule has 3 nitrogen and oxygen atoms in total. The minimum atomic E-state index is -1.27. The van der Waals surface area contributed by atoms with E-state index in [0.717, 1.165) is 0 Å². The van der Waals surface area contributed by atoms with E-state index >= 15 is 0 Å². The van der Waals surface area contributed by atoms with Crippen LogP contribution >= 0.6 is 12.0 Å². The number of aldehydes is 1. The van der Waals surface area contributed by atoms with Crippen LogP contribution in [0.5, 0.6) is 0 Å². The lowest BCUT2D eigenvalue weighted by Gasteiger charge is -2.04. The third-order valence-electron chi connectivity index (χ3n) is 2.06. The molecule has 0 amide bonds. The Hall–Kier alpha value is -0.720. The normalized spacial score (nSPS) is 12.4. The summed E-state index contributed by atoms with van der Waals surface area (Å²) in [5, 5.41) is 0. The largest absolute Gasteiger partial charge is 0.315 e. The van der Waals surface area contributed by atoms with E-state index < -0.39 is 16.6 Å². The fraction of sp³-hybridized carbons (Fsp3) is 0.364. The minimum absolute atomic E-state index is 0.0360. The highest BCUT2D eigenvalue weighted by Crippen LogP contribution is 2.14. The Kier molecular flexibility index (Phi) is 6.39. The highest BCUT2D eigenvalue weighted by Gasteiger charge is 2.08. The Morgan fingerprint density at radius 1 is 1.53 bits per heavy atom. The van der Waals surface area contributed by atoms with E-state index in [0.29, 0.717) is 29.1 Å². The van der Waals surface area contributed by atoms with E-state index in [1.54, 1.807) is 12.3 Å². The van der Waals surface area contributed by atoms with Gasteiger partial charge in [0, 0.05) is 17.6 Å². The average molecular weight is 276 g/mol. The molecule has 1 unspecified atom stereocenters. The highest BCUT2D eigenvalue weighted by atomic mass is 32.2. The summed E-state index contributed by atoms with van der Waals surface area (Å²) in [5.74, 6) is -0.165. The van der Waals surface area contributed by atoms with Crippen LogP contribution in [-0.2, 0) is 26.2 Å². The van der Waals surface area contributed by atoms with Crippen molar-refractivity contribution in [3.8, 4) is 0 Å². The summed E-state index contributed by atoms with van der Waals surface area (Å²) in [6.45, 7) is 0.353. The Bertz CT molecular complexity index is 410. The molecule has 0 heterocycles. The molecule has 0 aromatic heterocycles. The quantitative estimate of drug-likeness (QED) is 0.434. The molecule has 1 aromatic carbocycles. The number of benzene rings is 1. The molecule has 0 bridgehead atoms. The number of halogens is 1. The Balaban J connectivity index is 2.68. The van der Waals surface area contributed by atoms with Crippen molar-refractivity contribution < 1.29 is 17.6 Å². The van der Waals surface area contributed by atoms with Crippen molar-refractivity contribution in [3.63, 3.8) is 0 Å². The van der Waals surface area contributed by atoms with Gasteiger partial charge in [0.25, 0.3) is 0 Å². The zero-order valence-corrected chi connectivity index (χ0v) is 11.0. The Morgan fingerprint density at radius 2 is 2.29 bits per heavy atom. The lowest BCUT2D eigenvalue weighted by Crippen LogP contribution is -2.04. The van der Waals surface area contributed by atoms with Crippen LogP contribution in [0.25, 0.3) is 0 Å². The maximum absolute atomic E-state index is 13.5. The molecule has 1 atom stereocenters. The third-order valence-corrected chi connectivity index (χ3v) is 3.78. The average Bonchev–Trinajstić information content (AvgIpc) is 2.32. The van der Waals surface area contributed by atoms with Crippen LogP contribution in [0.15, 0.2) is 23.1 Å². The van der Waals surface area contributed by atoms with Crippen molar-refractivity contribution in [1.82, 2.24) is 0 Å². The topological polar surface area (TPSA) is 43.4 Å².